The van der Waals surface area contributed by atoms with Gasteiger partial charge in [-0.05, 0) is 30.5 Å². The van der Waals surface area contributed by atoms with E-state index in [0.717, 1.165) is 44.7 Å². The van der Waals surface area contributed by atoms with Crippen molar-refractivity contribution in [2.24, 2.45) is 0 Å². The molecule has 1 aliphatic carbocycles. The zero-order valence-corrected chi connectivity index (χ0v) is 12.5. The number of aromatic hydroxyl groups is 1. The van der Waals surface area contributed by atoms with Crippen LogP contribution in [0.1, 0.15) is 31.2 Å². The average Bonchev–Trinajstić information content (AvgIpc) is 2.99. The highest BCUT2D eigenvalue weighted by atomic mass is 16.5. The Bertz CT molecular complexity index is 465. The van der Waals surface area contributed by atoms with E-state index in [1.807, 2.05) is 12.1 Å². The van der Waals surface area contributed by atoms with Crippen molar-refractivity contribution in [1.29, 1.82) is 0 Å². The van der Waals surface area contributed by atoms with E-state index in [-0.39, 0.29) is 17.4 Å². The third-order valence-corrected chi connectivity index (χ3v) is 5.07. The summed E-state index contributed by atoms with van der Waals surface area (Å²) in [7, 11) is 0. The smallest absolute Gasteiger partial charge is 0.115 e. The first-order chi connectivity index (χ1) is 10.2. The largest absolute Gasteiger partial charge is 0.508 e. The Morgan fingerprint density at radius 2 is 1.90 bits per heavy atom. The van der Waals surface area contributed by atoms with Gasteiger partial charge in [0, 0.05) is 25.0 Å². The fourth-order valence-electron chi connectivity index (χ4n) is 3.95. The topological polar surface area (TPSA) is 52.9 Å². The zero-order valence-electron chi connectivity index (χ0n) is 12.5. The minimum atomic E-state index is -0.389. The van der Waals surface area contributed by atoms with E-state index < -0.39 is 0 Å². The highest BCUT2D eigenvalue weighted by molar-refractivity contribution is 5.28. The van der Waals surface area contributed by atoms with Gasteiger partial charge in [-0.15, -0.1) is 0 Å². The van der Waals surface area contributed by atoms with Crippen LogP contribution in [0.3, 0.4) is 0 Å². The fraction of sp³-hybridized carbons (Fsp3) is 0.647. The number of nitrogens with zero attached hydrogens (tertiary/aromatic N) is 1. The van der Waals surface area contributed by atoms with Crippen molar-refractivity contribution in [1.82, 2.24) is 4.90 Å². The lowest BCUT2D eigenvalue weighted by Gasteiger charge is -2.46. The lowest BCUT2D eigenvalue weighted by Crippen LogP contribution is -2.59. The molecule has 1 saturated carbocycles. The second-order valence-corrected chi connectivity index (χ2v) is 6.30. The van der Waals surface area contributed by atoms with Crippen molar-refractivity contribution in [2.45, 2.75) is 43.7 Å². The first-order valence-electron chi connectivity index (χ1n) is 7.99. The Kier molecular flexibility index (Phi) is 4.48. The molecule has 0 spiro atoms. The summed E-state index contributed by atoms with van der Waals surface area (Å²) in [5.41, 5.74) is 0.900. The summed E-state index contributed by atoms with van der Waals surface area (Å²) in [6.45, 7) is 3.36. The lowest BCUT2D eigenvalue weighted by atomic mass is 9.84. The Labute approximate surface area is 126 Å². The molecule has 1 aromatic rings. The van der Waals surface area contributed by atoms with Gasteiger partial charge in [0.15, 0.2) is 0 Å². The first kappa shape index (κ1) is 14.8. The fourth-order valence-corrected chi connectivity index (χ4v) is 3.95. The monoisotopic (exact) mass is 291 g/mol. The molecule has 0 aromatic heterocycles. The van der Waals surface area contributed by atoms with Crippen molar-refractivity contribution in [3.63, 3.8) is 0 Å². The van der Waals surface area contributed by atoms with E-state index >= 15 is 0 Å². The van der Waals surface area contributed by atoms with Crippen molar-refractivity contribution in [2.75, 3.05) is 26.3 Å². The minimum Gasteiger partial charge on any atom is -0.508 e. The van der Waals surface area contributed by atoms with Gasteiger partial charge in [-0.1, -0.05) is 25.0 Å². The molecule has 4 heteroatoms. The molecular weight excluding hydrogens is 266 g/mol. The molecular formula is C17H25NO3. The summed E-state index contributed by atoms with van der Waals surface area (Å²) in [4.78, 5) is 2.44. The van der Waals surface area contributed by atoms with Crippen LogP contribution >= 0.6 is 0 Å². The Morgan fingerprint density at radius 3 is 2.57 bits per heavy atom. The normalized spacial score (nSPS) is 24.0. The highest BCUT2D eigenvalue weighted by Gasteiger charge is 2.45. The van der Waals surface area contributed by atoms with Gasteiger partial charge in [-0.2, -0.15) is 0 Å². The molecule has 1 aromatic carbocycles. The Hall–Kier alpha value is -1.10. The average molecular weight is 291 g/mol. The predicted molar refractivity (Wildman–Crippen MR) is 81.4 cm³/mol. The zero-order chi connectivity index (χ0) is 14.7. The van der Waals surface area contributed by atoms with Crippen LogP contribution in [-0.2, 0) is 11.2 Å². The van der Waals surface area contributed by atoms with Crippen LogP contribution in [0, 0.1) is 0 Å². The predicted octanol–water partition coefficient (Wildman–Crippen LogP) is 1.94. The van der Waals surface area contributed by atoms with E-state index in [9.17, 15) is 10.2 Å². The number of rotatable bonds is 4. The number of hydrogen-bond donors (Lipinski definition) is 2. The second-order valence-electron chi connectivity index (χ2n) is 6.30. The van der Waals surface area contributed by atoms with Gasteiger partial charge in [0.25, 0.3) is 0 Å². The molecule has 0 bridgehead atoms. The van der Waals surface area contributed by atoms with E-state index in [2.05, 4.69) is 4.90 Å². The summed E-state index contributed by atoms with van der Waals surface area (Å²) in [5, 5.41) is 20.5. The summed E-state index contributed by atoms with van der Waals surface area (Å²) < 4.78 is 5.46. The molecule has 0 radical (unpaired) electrons. The van der Waals surface area contributed by atoms with E-state index in [1.54, 1.807) is 12.1 Å². The van der Waals surface area contributed by atoms with Gasteiger partial charge in [-0.25, -0.2) is 0 Å². The molecule has 1 saturated heterocycles. The van der Waals surface area contributed by atoms with Crippen molar-refractivity contribution in [3.8, 4) is 5.75 Å². The number of benzene rings is 1. The third-order valence-electron chi connectivity index (χ3n) is 5.07. The number of aliphatic hydroxyl groups excluding tert-OH is 1. The van der Waals surface area contributed by atoms with Crippen LogP contribution in [-0.4, -0.2) is 53.1 Å². The number of phenolic OH excluding ortho intramolecular Hbond substituents is 1. The van der Waals surface area contributed by atoms with Gasteiger partial charge < -0.3 is 14.9 Å². The molecule has 2 aliphatic rings. The summed E-state index contributed by atoms with van der Waals surface area (Å²) in [5.74, 6) is 0.270. The Morgan fingerprint density at radius 1 is 1.19 bits per heavy atom. The third kappa shape index (κ3) is 3.07. The molecule has 1 atom stereocenters. The molecule has 21 heavy (non-hydrogen) atoms. The van der Waals surface area contributed by atoms with E-state index in [4.69, 9.17) is 4.74 Å². The number of phenols is 1. The maximum Gasteiger partial charge on any atom is 0.115 e. The quantitative estimate of drug-likeness (QED) is 0.890. The van der Waals surface area contributed by atoms with Gasteiger partial charge in [0.2, 0.25) is 0 Å². The van der Waals surface area contributed by atoms with Crippen LogP contribution in [0.2, 0.25) is 0 Å². The van der Waals surface area contributed by atoms with Crippen molar-refractivity contribution in [3.05, 3.63) is 29.8 Å². The lowest BCUT2D eigenvalue weighted by molar-refractivity contribution is -0.0753. The second kappa shape index (κ2) is 6.34. The van der Waals surface area contributed by atoms with Crippen molar-refractivity contribution < 1.29 is 14.9 Å². The van der Waals surface area contributed by atoms with Crippen molar-refractivity contribution >= 4 is 0 Å². The van der Waals surface area contributed by atoms with Crippen LogP contribution < -0.4 is 0 Å². The highest BCUT2D eigenvalue weighted by Crippen LogP contribution is 2.39. The summed E-state index contributed by atoms with van der Waals surface area (Å²) in [6, 6.07) is 7.24. The number of ether oxygens (including phenoxy) is 1. The molecule has 2 N–H and O–H groups in total. The number of aliphatic hydroxyl groups is 1. The minimum absolute atomic E-state index is 0.102. The summed E-state index contributed by atoms with van der Waals surface area (Å²) in [6.07, 6.45) is 4.72. The Balaban J connectivity index is 1.76. The first-order valence-corrected chi connectivity index (χ1v) is 7.99. The van der Waals surface area contributed by atoms with Gasteiger partial charge in [0.05, 0.1) is 19.3 Å². The number of morpholine rings is 1. The van der Waals surface area contributed by atoms with Gasteiger partial charge >= 0.3 is 0 Å². The molecule has 0 amide bonds. The molecule has 1 aliphatic heterocycles. The van der Waals surface area contributed by atoms with Crippen LogP contribution in [0.5, 0.6) is 5.75 Å². The van der Waals surface area contributed by atoms with Gasteiger partial charge in [0.1, 0.15) is 5.75 Å². The molecule has 1 unspecified atom stereocenters. The SMILES string of the molecule is Oc1cccc(CC(O)C2(N3CCOCC3)CCCC2)c1. The summed E-state index contributed by atoms with van der Waals surface area (Å²) >= 11 is 0. The molecule has 1 heterocycles. The number of hydrogen-bond acceptors (Lipinski definition) is 4. The van der Waals surface area contributed by atoms with Crippen LogP contribution in [0.4, 0.5) is 0 Å². The molecule has 3 rings (SSSR count). The molecule has 116 valence electrons. The molecule has 2 fully saturated rings. The van der Waals surface area contributed by atoms with Gasteiger partial charge in [-0.3, -0.25) is 4.90 Å². The molecule has 4 nitrogen and oxygen atoms in total. The van der Waals surface area contributed by atoms with E-state index in [0.29, 0.717) is 6.42 Å². The van der Waals surface area contributed by atoms with Crippen LogP contribution in [0.25, 0.3) is 0 Å². The maximum absolute atomic E-state index is 10.9. The standard InChI is InChI=1S/C17H25NO3/c19-15-5-3-4-14(12-15)13-16(20)17(6-1-2-7-17)18-8-10-21-11-9-18/h3-5,12,16,19-20H,1-2,6-11,13H2. The maximum atomic E-state index is 10.9. The van der Waals surface area contributed by atoms with Crippen LogP contribution in [0.15, 0.2) is 24.3 Å². The van der Waals surface area contributed by atoms with E-state index in [1.165, 1.54) is 12.8 Å².